The van der Waals surface area contributed by atoms with Gasteiger partial charge in [-0.2, -0.15) is 0 Å². The number of hydrogen-bond donors (Lipinski definition) is 2. The van der Waals surface area contributed by atoms with E-state index in [0.29, 0.717) is 17.5 Å². The van der Waals surface area contributed by atoms with Gasteiger partial charge in [-0.05, 0) is 46.2 Å². The first-order valence-corrected chi connectivity index (χ1v) is 10.3. The quantitative estimate of drug-likeness (QED) is 0.209. The fraction of sp³-hybridized carbons (Fsp3) is 0.0714. The summed E-state index contributed by atoms with van der Waals surface area (Å²) in [5.41, 5.74) is 8.76. The number of hydrogen-bond acceptors (Lipinski definition) is 3. The zero-order chi connectivity index (χ0) is 22.9. The molecule has 3 aromatic carbocycles. The van der Waals surface area contributed by atoms with E-state index in [-0.39, 0.29) is 11.7 Å². The van der Waals surface area contributed by atoms with Crippen LogP contribution in [0.15, 0.2) is 110 Å². The van der Waals surface area contributed by atoms with Gasteiger partial charge in [-0.3, -0.25) is 9.59 Å². The molecule has 0 fully saturated rings. The van der Waals surface area contributed by atoms with Crippen LogP contribution in [-0.2, 0) is 0 Å². The molecule has 0 saturated carbocycles. The molecule has 0 aliphatic heterocycles. The van der Waals surface area contributed by atoms with Gasteiger partial charge in [-0.15, -0.1) is 0 Å². The van der Waals surface area contributed by atoms with Crippen LogP contribution < -0.4 is 11.1 Å². The van der Waals surface area contributed by atoms with Gasteiger partial charge >= 0.3 is 0 Å². The van der Waals surface area contributed by atoms with E-state index >= 15 is 0 Å². The largest absolute Gasteiger partial charge is 0.337 e. The maximum atomic E-state index is 12.6. The Kier molecular flexibility index (Phi) is 7.68. The lowest BCUT2D eigenvalue weighted by Gasteiger charge is -2.14. The highest BCUT2D eigenvalue weighted by Gasteiger charge is 2.11. The van der Waals surface area contributed by atoms with Crippen molar-refractivity contribution in [3.05, 3.63) is 126 Å². The number of benzene rings is 3. The second-order valence-electron chi connectivity index (χ2n) is 7.35. The number of nitrogens with one attached hydrogen (secondary N) is 1. The number of ketones is 1. The molecule has 32 heavy (non-hydrogen) atoms. The highest BCUT2D eigenvalue weighted by Crippen LogP contribution is 2.17. The number of carbonyl (C=O) groups excluding carboxylic acids is 2. The Balaban J connectivity index is 1.68. The van der Waals surface area contributed by atoms with E-state index in [1.165, 1.54) is 6.08 Å². The van der Waals surface area contributed by atoms with Gasteiger partial charge in [-0.1, -0.05) is 86.0 Å². The van der Waals surface area contributed by atoms with E-state index in [1.807, 2.05) is 48.5 Å². The first-order chi connectivity index (χ1) is 15.5. The second kappa shape index (κ2) is 10.8. The summed E-state index contributed by atoms with van der Waals surface area (Å²) in [6.45, 7) is 7.39. The van der Waals surface area contributed by atoms with Crippen LogP contribution in [0.1, 0.15) is 32.7 Å². The smallest absolute Gasteiger partial charge is 0.252 e. The monoisotopic (exact) mass is 422 g/mol. The molecule has 160 valence electrons. The molecule has 3 aromatic rings. The molecule has 0 radical (unpaired) electrons. The standard InChI is InChI=1S/C28H26N2O2/c1-3-8-20(4-2)18-27(29)30-28(32)25-12-7-9-21(17-25)13-16-26(31)24-15-14-22-10-5-6-11-23(22)19-24/h3-17,19,27H,1-2,18,29H2,(H,30,32)/b16-13+,20-8+/t27-/m0/s1. The number of fused-ring (bicyclic) bond motifs is 1. The van der Waals surface area contributed by atoms with Crippen molar-refractivity contribution in [1.82, 2.24) is 5.32 Å². The average molecular weight is 423 g/mol. The van der Waals surface area contributed by atoms with Gasteiger partial charge in [0.2, 0.25) is 0 Å². The van der Waals surface area contributed by atoms with Crippen LogP contribution in [0.2, 0.25) is 0 Å². The average Bonchev–Trinajstić information content (AvgIpc) is 2.82. The Morgan fingerprint density at radius 1 is 0.938 bits per heavy atom. The summed E-state index contributed by atoms with van der Waals surface area (Å²) in [6.07, 6.45) is 8.25. The van der Waals surface area contributed by atoms with Crippen LogP contribution in [-0.4, -0.2) is 17.9 Å². The molecule has 4 nitrogen and oxygen atoms in total. The predicted molar refractivity (Wildman–Crippen MR) is 132 cm³/mol. The third kappa shape index (κ3) is 6.00. The van der Waals surface area contributed by atoms with E-state index in [4.69, 9.17) is 5.73 Å². The first-order valence-electron chi connectivity index (χ1n) is 10.3. The zero-order valence-corrected chi connectivity index (χ0v) is 17.8. The normalized spacial score (nSPS) is 12.5. The maximum Gasteiger partial charge on any atom is 0.252 e. The highest BCUT2D eigenvalue weighted by molar-refractivity contribution is 6.08. The van der Waals surface area contributed by atoms with Gasteiger partial charge in [0.05, 0.1) is 6.17 Å². The Morgan fingerprint density at radius 2 is 1.72 bits per heavy atom. The summed E-state index contributed by atoms with van der Waals surface area (Å²) in [5, 5.41) is 4.89. The van der Waals surface area contributed by atoms with Crippen molar-refractivity contribution in [3.63, 3.8) is 0 Å². The molecule has 0 bridgehead atoms. The highest BCUT2D eigenvalue weighted by atomic mass is 16.1. The summed E-state index contributed by atoms with van der Waals surface area (Å²) in [6, 6.07) is 20.6. The van der Waals surface area contributed by atoms with E-state index in [1.54, 1.807) is 42.5 Å². The lowest BCUT2D eigenvalue weighted by Crippen LogP contribution is -2.41. The topological polar surface area (TPSA) is 72.2 Å². The molecular formula is C28H26N2O2. The molecule has 3 rings (SSSR count). The van der Waals surface area contributed by atoms with E-state index in [0.717, 1.165) is 21.9 Å². The molecule has 3 N–H and O–H groups in total. The van der Waals surface area contributed by atoms with Crippen LogP contribution in [0.5, 0.6) is 0 Å². The molecule has 0 aliphatic rings. The number of rotatable bonds is 9. The van der Waals surface area contributed by atoms with E-state index in [9.17, 15) is 9.59 Å². The van der Waals surface area contributed by atoms with E-state index in [2.05, 4.69) is 18.5 Å². The zero-order valence-electron chi connectivity index (χ0n) is 17.8. The maximum absolute atomic E-state index is 12.6. The fourth-order valence-corrected chi connectivity index (χ4v) is 3.32. The van der Waals surface area contributed by atoms with Gasteiger partial charge in [0, 0.05) is 17.5 Å². The Bertz CT molecular complexity index is 1220. The summed E-state index contributed by atoms with van der Waals surface area (Å²) < 4.78 is 0. The molecule has 1 amide bonds. The molecule has 0 spiro atoms. The van der Waals surface area contributed by atoms with Crippen LogP contribution in [0.3, 0.4) is 0 Å². The molecule has 0 unspecified atom stereocenters. The van der Waals surface area contributed by atoms with Crippen molar-refractivity contribution in [2.75, 3.05) is 0 Å². The van der Waals surface area contributed by atoms with Crippen LogP contribution in [0, 0.1) is 0 Å². The third-order valence-electron chi connectivity index (χ3n) is 4.98. The Labute approximate surface area is 188 Å². The van der Waals surface area contributed by atoms with Crippen LogP contribution >= 0.6 is 0 Å². The number of carbonyl (C=O) groups is 2. The van der Waals surface area contributed by atoms with Gasteiger partial charge < -0.3 is 11.1 Å². The summed E-state index contributed by atoms with van der Waals surface area (Å²) in [7, 11) is 0. The molecule has 0 heterocycles. The summed E-state index contributed by atoms with van der Waals surface area (Å²) in [5.74, 6) is -0.380. The molecule has 4 heteroatoms. The first kappa shape index (κ1) is 22.7. The molecule has 0 saturated heterocycles. The van der Waals surface area contributed by atoms with Gasteiger partial charge in [0.25, 0.3) is 5.91 Å². The predicted octanol–water partition coefficient (Wildman–Crippen LogP) is 5.44. The molecule has 0 aliphatic carbocycles. The van der Waals surface area contributed by atoms with Crippen molar-refractivity contribution >= 4 is 28.5 Å². The minimum atomic E-state index is -0.555. The number of nitrogens with two attached hydrogens (primary N) is 1. The SMILES string of the molecule is C=C/C=C(\C=C)C[C@@H](N)NC(=O)c1cccc(/C=C/C(=O)c2ccc3ccccc3c2)c1. The minimum absolute atomic E-state index is 0.0985. The van der Waals surface area contributed by atoms with Crippen LogP contribution in [0.25, 0.3) is 16.8 Å². The Morgan fingerprint density at radius 3 is 2.47 bits per heavy atom. The number of allylic oxidation sites excluding steroid dienone is 4. The lowest BCUT2D eigenvalue weighted by molar-refractivity contribution is 0.0937. The van der Waals surface area contributed by atoms with Gasteiger partial charge in [-0.25, -0.2) is 0 Å². The van der Waals surface area contributed by atoms with Crippen molar-refractivity contribution in [1.29, 1.82) is 0 Å². The van der Waals surface area contributed by atoms with Crippen molar-refractivity contribution < 1.29 is 9.59 Å². The van der Waals surface area contributed by atoms with Crippen molar-refractivity contribution in [3.8, 4) is 0 Å². The second-order valence-corrected chi connectivity index (χ2v) is 7.35. The summed E-state index contributed by atoms with van der Waals surface area (Å²) in [4.78, 5) is 25.2. The molecule has 1 atom stereocenters. The van der Waals surface area contributed by atoms with Gasteiger partial charge in [0.15, 0.2) is 5.78 Å². The Hall–Kier alpha value is -4.02. The number of amides is 1. The molecule has 0 aromatic heterocycles. The molecular weight excluding hydrogens is 396 g/mol. The summed E-state index contributed by atoms with van der Waals surface area (Å²) >= 11 is 0. The van der Waals surface area contributed by atoms with Crippen LogP contribution in [0.4, 0.5) is 0 Å². The third-order valence-corrected chi connectivity index (χ3v) is 4.98. The van der Waals surface area contributed by atoms with Gasteiger partial charge in [0.1, 0.15) is 0 Å². The van der Waals surface area contributed by atoms with Crippen molar-refractivity contribution in [2.45, 2.75) is 12.6 Å². The fourth-order valence-electron chi connectivity index (χ4n) is 3.32. The minimum Gasteiger partial charge on any atom is -0.337 e. The van der Waals surface area contributed by atoms with Crippen molar-refractivity contribution in [2.24, 2.45) is 5.73 Å². The lowest BCUT2D eigenvalue weighted by atomic mass is 10.0. The van der Waals surface area contributed by atoms with E-state index < -0.39 is 6.17 Å².